The van der Waals surface area contributed by atoms with Gasteiger partial charge in [-0.3, -0.25) is 0 Å². The van der Waals surface area contributed by atoms with E-state index in [0.29, 0.717) is 11.5 Å². The van der Waals surface area contributed by atoms with Crippen LogP contribution in [0.15, 0.2) is 48.5 Å². The molecule has 20 heavy (non-hydrogen) atoms. The monoisotopic (exact) mass is 287 g/mol. The molecule has 0 aliphatic rings. The van der Waals surface area contributed by atoms with Gasteiger partial charge in [0.05, 0.1) is 19.8 Å². The molecule has 3 nitrogen and oxygen atoms in total. The second-order valence-electron chi connectivity index (χ2n) is 4.23. The highest BCUT2D eigenvalue weighted by Crippen LogP contribution is 2.18. The molecule has 0 saturated carbocycles. The highest BCUT2D eigenvalue weighted by atomic mass is 32.1. The van der Waals surface area contributed by atoms with Crippen molar-refractivity contribution in [1.29, 1.82) is 0 Å². The molecule has 4 heteroatoms. The smallest absolute Gasteiger partial charge is 0.129 e. The van der Waals surface area contributed by atoms with Crippen molar-refractivity contribution >= 4 is 17.2 Å². The second-order valence-corrected chi connectivity index (χ2v) is 4.64. The van der Waals surface area contributed by atoms with Gasteiger partial charge in [-0.2, -0.15) is 0 Å². The first-order valence-corrected chi connectivity index (χ1v) is 6.69. The average molecular weight is 287 g/mol. The van der Waals surface area contributed by atoms with Gasteiger partial charge in [-0.15, -0.1) is 0 Å². The molecule has 104 valence electrons. The quantitative estimate of drug-likeness (QED) is 0.856. The van der Waals surface area contributed by atoms with Crippen molar-refractivity contribution in [2.45, 2.75) is 6.54 Å². The lowest BCUT2D eigenvalue weighted by Gasteiger charge is -2.11. The van der Waals surface area contributed by atoms with Crippen LogP contribution < -0.4 is 14.8 Å². The zero-order chi connectivity index (χ0) is 14.4. The Labute approximate surface area is 124 Å². The number of methoxy groups -OCH3 is 2. The maximum absolute atomic E-state index is 5.41. The Balaban J connectivity index is 2.01. The van der Waals surface area contributed by atoms with Crippen molar-refractivity contribution < 1.29 is 9.47 Å². The minimum absolute atomic E-state index is 0.668. The van der Waals surface area contributed by atoms with Crippen LogP contribution >= 0.6 is 12.2 Å². The molecule has 0 radical (unpaired) electrons. The van der Waals surface area contributed by atoms with Gasteiger partial charge in [0.25, 0.3) is 0 Å². The molecule has 2 rings (SSSR count). The summed E-state index contributed by atoms with van der Waals surface area (Å²) < 4.78 is 10.4. The molecule has 1 N–H and O–H groups in total. The van der Waals surface area contributed by atoms with Crippen molar-refractivity contribution in [3.8, 4) is 11.5 Å². The number of rotatable bonds is 5. The molecule has 0 spiro atoms. The number of hydrogen-bond donors (Lipinski definition) is 1. The first kappa shape index (κ1) is 14.3. The van der Waals surface area contributed by atoms with Crippen LogP contribution in [0.2, 0.25) is 0 Å². The van der Waals surface area contributed by atoms with Crippen LogP contribution in [0.4, 0.5) is 0 Å². The SMILES string of the molecule is COc1ccc(CNC(=S)c2ccccc2OC)cc1. The van der Waals surface area contributed by atoms with Crippen LogP contribution in [0.5, 0.6) is 11.5 Å². The number of thiocarbonyl (C=S) groups is 1. The van der Waals surface area contributed by atoms with Crippen LogP contribution in [0.1, 0.15) is 11.1 Å². The predicted octanol–water partition coefficient (Wildman–Crippen LogP) is 3.17. The van der Waals surface area contributed by atoms with Gasteiger partial charge in [0.2, 0.25) is 0 Å². The van der Waals surface area contributed by atoms with Gasteiger partial charge in [-0.05, 0) is 29.8 Å². The van der Waals surface area contributed by atoms with Crippen LogP contribution in [0.3, 0.4) is 0 Å². The van der Waals surface area contributed by atoms with Crippen molar-refractivity contribution in [1.82, 2.24) is 5.32 Å². The van der Waals surface area contributed by atoms with E-state index in [-0.39, 0.29) is 0 Å². The largest absolute Gasteiger partial charge is 0.497 e. The van der Waals surface area contributed by atoms with Gasteiger partial charge in [0, 0.05) is 6.54 Å². The minimum Gasteiger partial charge on any atom is -0.497 e. The summed E-state index contributed by atoms with van der Waals surface area (Å²) in [7, 11) is 3.30. The van der Waals surface area contributed by atoms with E-state index in [2.05, 4.69) is 5.32 Å². The second kappa shape index (κ2) is 6.91. The third-order valence-electron chi connectivity index (χ3n) is 2.96. The molecule has 0 heterocycles. The third-order valence-corrected chi connectivity index (χ3v) is 3.33. The lowest BCUT2D eigenvalue weighted by molar-refractivity contribution is 0.414. The van der Waals surface area contributed by atoms with Gasteiger partial charge in [0.1, 0.15) is 16.5 Å². The van der Waals surface area contributed by atoms with E-state index in [1.165, 1.54) is 0 Å². The highest BCUT2D eigenvalue weighted by Gasteiger charge is 2.07. The number of ether oxygens (including phenoxy) is 2. The lowest BCUT2D eigenvalue weighted by Crippen LogP contribution is -2.22. The van der Waals surface area contributed by atoms with Gasteiger partial charge in [-0.1, -0.05) is 36.5 Å². The molecule has 2 aromatic carbocycles. The Morgan fingerprint density at radius 1 is 1.00 bits per heavy atom. The average Bonchev–Trinajstić information content (AvgIpc) is 2.53. The Bertz CT molecular complexity index is 581. The van der Waals surface area contributed by atoms with Gasteiger partial charge in [-0.25, -0.2) is 0 Å². The van der Waals surface area contributed by atoms with E-state index >= 15 is 0 Å². The summed E-state index contributed by atoms with van der Waals surface area (Å²) in [6.07, 6.45) is 0. The Hall–Kier alpha value is -2.07. The van der Waals surface area contributed by atoms with Gasteiger partial charge in [0.15, 0.2) is 0 Å². The molecule has 0 aromatic heterocycles. The Morgan fingerprint density at radius 2 is 1.70 bits per heavy atom. The lowest BCUT2D eigenvalue weighted by atomic mass is 10.2. The van der Waals surface area contributed by atoms with Gasteiger partial charge < -0.3 is 14.8 Å². The zero-order valence-electron chi connectivity index (χ0n) is 11.6. The zero-order valence-corrected chi connectivity index (χ0v) is 12.4. The van der Waals surface area contributed by atoms with Crippen LogP contribution in [-0.4, -0.2) is 19.2 Å². The fourth-order valence-electron chi connectivity index (χ4n) is 1.85. The number of hydrogen-bond acceptors (Lipinski definition) is 3. The summed E-state index contributed by atoms with van der Waals surface area (Å²) in [6.45, 7) is 0.668. The molecule has 0 aliphatic heterocycles. The van der Waals surface area contributed by atoms with E-state index < -0.39 is 0 Å². The molecule has 2 aromatic rings. The topological polar surface area (TPSA) is 30.5 Å². The van der Waals surface area contributed by atoms with Crippen molar-refractivity contribution in [3.63, 3.8) is 0 Å². The fourth-order valence-corrected chi connectivity index (χ4v) is 2.09. The molecule has 0 fully saturated rings. The summed E-state index contributed by atoms with van der Waals surface area (Å²) in [6, 6.07) is 15.6. The molecular weight excluding hydrogens is 270 g/mol. The van der Waals surface area contributed by atoms with Crippen LogP contribution in [0.25, 0.3) is 0 Å². The maximum Gasteiger partial charge on any atom is 0.129 e. The van der Waals surface area contributed by atoms with E-state index in [0.717, 1.165) is 22.6 Å². The molecule has 0 amide bonds. The summed E-state index contributed by atoms with van der Waals surface area (Å²) in [5.41, 5.74) is 2.04. The molecule has 0 saturated heterocycles. The molecule has 0 bridgehead atoms. The van der Waals surface area contributed by atoms with E-state index in [1.54, 1.807) is 14.2 Å². The first-order chi connectivity index (χ1) is 9.74. The van der Waals surface area contributed by atoms with Gasteiger partial charge >= 0.3 is 0 Å². The van der Waals surface area contributed by atoms with E-state index in [1.807, 2.05) is 48.5 Å². The fraction of sp³-hybridized carbons (Fsp3) is 0.188. The predicted molar refractivity (Wildman–Crippen MR) is 84.5 cm³/mol. The Morgan fingerprint density at radius 3 is 2.35 bits per heavy atom. The third kappa shape index (κ3) is 3.48. The van der Waals surface area contributed by atoms with Crippen molar-refractivity contribution in [2.75, 3.05) is 14.2 Å². The summed E-state index contributed by atoms with van der Waals surface area (Å²) in [5, 5.41) is 3.24. The van der Waals surface area contributed by atoms with Crippen LogP contribution in [0, 0.1) is 0 Å². The van der Waals surface area contributed by atoms with E-state index in [9.17, 15) is 0 Å². The van der Waals surface area contributed by atoms with Crippen molar-refractivity contribution in [2.24, 2.45) is 0 Å². The summed E-state index contributed by atoms with van der Waals surface area (Å²) in [4.78, 5) is 0.679. The minimum atomic E-state index is 0.668. The summed E-state index contributed by atoms with van der Waals surface area (Å²) in [5.74, 6) is 1.63. The molecule has 0 aliphatic carbocycles. The standard InChI is InChI=1S/C16H17NO2S/c1-18-13-9-7-12(8-10-13)11-17-16(20)14-5-3-4-6-15(14)19-2/h3-10H,11H2,1-2H3,(H,17,20). The molecule has 0 atom stereocenters. The van der Waals surface area contributed by atoms with Crippen LogP contribution in [-0.2, 0) is 6.54 Å². The molecule has 0 unspecified atom stereocenters. The van der Waals surface area contributed by atoms with Crippen molar-refractivity contribution in [3.05, 3.63) is 59.7 Å². The number of benzene rings is 2. The number of para-hydroxylation sites is 1. The van der Waals surface area contributed by atoms with E-state index in [4.69, 9.17) is 21.7 Å². The maximum atomic E-state index is 5.41. The first-order valence-electron chi connectivity index (χ1n) is 6.28. The molecular formula is C16H17NO2S. The normalized spacial score (nSPS) is 9.90. The summed E-state index contributed by atoms with van der Waals surface area (Å²) >= 11 is 5.41. The number of nitrogens with one attached hydrogen (secondary N) is 1. The highest BCUT2D eigenvalue weighted by molar-refractivity contribution is 7.80. The Kier molecular flexibility index (Phi) is 4.96.